The summed E-state index contributed by atoms with van der Waals surface area (Å²) >= 11 is 0. The molecule has 1 unspecified atom stereocenters. The monoisotopic (exact) mass is 380 g/mol. The molecule has 0 aliphatic heterocycles. The lowest BCUT2D eigenvalue weighted by Gasteiger charge is -2.20. The average Bonchev–Trinajstić information content (AvgIpc) is 2.72. The van der Waals surface area contributed by atoms with Crippen LogP contribution in [0.4, 0.5) is 0 Å². The van der Waals surface area contributed by atoms with Gasteiger partial charge in [0.25, 0.3) is 0 Å². The summed E-state index contributed by atoms with van der Waals surface area (Å²) in [5.74, 6) is -0.226. The molecule has 0 fully saturated rings. The van der Waals surface area contributed by atoms with E-state index in [1.54, 1.807) is 26.1 Å². The zero-order valence-electron chi connectivity index (χ0n) is 16.4. The number of hydrogen-bond donors (Lipinski definition) is 2. The van der Waals surface area contributed by atoms with Crippen LogP contribution in [0.1, 0.15) is 40.8 Å². The number of hydrogen-bond acceptors (Lipinski definition) is 6. The van der Waals surface area contributed by atoms with E-state index in [1.807, 2.05) is 37.3 Å². The van der Waals surface area contributed by atoms with Gasteiger partial charge in [0.15, 0.2) is 0 Å². The van der Waals surface area contributed by atoms with Crippen LogP contribution < -0.4 is 10.8 Å². The molecule has 2 N–H and O–H groups in total. The minimum Gasteiger partial charge on any atom is -0.391 e. The fourth-order valence-corrected chi connectivity index (χ4v) is 2.85. The minimum atomic E-state index is -0.683. The van der Waals surface area contributed by atoms with E-state index in [9.17, 15) is 10.1 Å². The summed E-state index contributed by atoms with van der Waals surface area (Å²) in [6, 6.07) is 14.3. The molecule has 0 saturated carbocycles. The lowest BCUT2D eigenvalue weighted by Crippen LogP contribution is -2.36. The molecule has 0 saturated heterocycles. The van der Waals surface area contributed by atoms with Gasteiger partial charge in [-0.3, -0.25) is 4.79 Å². The highest BCUT2D eigenvalue weighted by atomic mass is 16.6. The Morgan fingerprint density at radius 1 is 1.25 bits per heavy atom. The van der Waals surface area contributed by atoms with Crippen LogP contribution in [0, 0.1) is 18.3 Å². The molecule has 146 valence electrons. The van der Waals surface area contributed by atoms with Crippen LogP contribution in [0.2, 0.25) is 0 Å². The van der Waals surface area contributed by atoms with Crippen molar-refractivity contribution in [2.45, 2.75) is 26.5 Å². The fourth-order valence-electron chi connectivity index (χ4n) is 2.85. The molecule has 2 rings (SSSR count). The number of hydroxylamine groups is 1. The Hall–Kier alpha value is -3.21. The number of amides is 1. The van der Waals surface area contributed by atoms with Crippen molar-refractivity contribution in [2.24, 2.45) is 5.16 Å². The molecule has 1 amide bonds. The van der Waals surface area contributed by atoms with Gasteiger partial charge in [-0.05, 0) is 31.0 Å². The number of likely N-dealkylation sites (N-methyl/N-ethyl adjacent to an activating group) is 1. The number of benzene rings is 2. The molecule has 1 atom stereocenters. The van der Waals surface area contributed by atoms with E-state index in [-0.39, 0.29) is 12.5 Å². The smallest absolute Gasteiger partial charge is 0.243 e. The highest BCUT2D eigenvalue weighted by Crippen LogP contribution is 2.23. The van der Waals surface area contributed by atoms with Gasteiger partial charge in [-0.25, -0.2) is 0 Å². The van der Waals surface area contributed by atoms with Gasteiger partial charge in [-0.2, -0.15) is 10.7 Å². The minimum absolute atomic E-state index is 0.174. The van der Waals surface area contributed by atoms with Crippen molar-refractivity contribution in [3.63, 3.8) is 0 Å². The van der Waals surface area contributed by atoms with Gasteiger partial charge < -0.3 is 15.0 Å². The van der Waals surface area contributed by atoms with E-state index in [4.69, 9.17) is 9.68 Å². The standard InChI is InChI=1S/C21H24N4O3/c1-14-8-7-11-18(20(25-27-4)21(26)23-3)19(14)13-28-24-15(2)17-10-6-5-9-16(17)12-22/h5-11,20,25H,13H2,1-4H3,(H,23,26)/b24-15+. The number of rotatable bonds is 8. The maximum atomic E-state index is 12.3. The molecule has 28 heavy (non-hydrogen) atoms. The number of nitrogens with zero attached hydrogens (tertiary/aromatic N) is 2. The molecule has 7 heteroatoms. The molecule has 2 aromatic rings. The molecule has 0 radical (unpaired) electrons. The van der Waals surface area contributed by atoms with Crippen molar-refractivity contribution in [3.05, 3.63) is 70.3 Å². The molecular weight excluding hydrogens is 356 g/mol. The third-order valence-electron chi connectivity index (χ3n) is 4.35. The highest BCUT2D eigenvalue weighted by Gasteiger charge is 2.23. The summed E-state index contributed by atoms with van der Waals surface area (Å²) in [4.78, 5) is 22.8. The number of carbonyl (C=O) groups is 1. The first-order valence-electron chi connectivity index (χ1n) is 8.78. The third kappa shape index (κ3) is 4.94. The maximum absolute atomic E-state index is 12.3. The van der Waals surface area contributed by atoms with E-state index in [0.717, 1.165) is 22.3 Å². The summed E-state index contributed by atoms with van der Waals surface area (Å²) in [6.45, 7) is 3.90. The number of nitrogens with one attached hydrogen (secondary N) is 2. The predicted molar refractivity (Wildman–Crippen MR) is 106 cm³/mol. The van der Waals surface area contributed by atoms with Gasteiger partial charge in [0, 0.05) is 18.2 Å². The lowest BCUT2D eigenvalue weighted by molar-refractivity contribution is -0.126. The largest absolute Gasteiger partial charge is 0.391 e. The van der Waals surface area contributed by atoms with Crippen molar-refractivity contribution < 1.29 is 14.5 Å². The summed E-state index contributed by atoms with van der Waals surface area (Å²) < 4.78 is 0. The average molecular weight is 380 g/mol. The van der Waals surface area contributed by atoms with Crippen LogP contribution in [0.25, 0.3) is 0 Å². The van der Waals surface area contributed by atoms with Crippen LogP contribution in [-0.2, 0) is 21.1 Å². The van der Waals surface area contributed by atoms with Crippen LogP contribution >= 0.6 is 0 Å². The first-order valence-corrected chi connectivity index (χ1v) is 8.78. The molecule has 0 spiro atoms. The number of aryl methyl sites for hydroxylation is 1. The van der Waals surface area contributed by atoms with E-state index < -0.39 is 6.04 Å². The van der Waals surface area contributed by atoms with Gasteiger partial charge in [-0.15, -0.1) is 0 Å². The second-order valence-electron chi connectivity index (χ2n) is 6.12. The summed E-state index contributed by atoms with van der Waals surface area (Å²) in [5.41, 5.74) is 7.12. The Morgan fingerprint density at radius 2 is 2.00 bits per heavy atom. The Labute approximate surface area is 164 Å². The number of carbonyl (C=O) groups excluding carboxylic acids is 1. The van der Waals surface area contributed by atoms with Crippen LogP contribution in [0.3, 0.4) is 0 Å². The summed E-state index contributed by atoms with van der Waals surface area (Å²) in [6.07, 6.45) is 0. The van der Waals surface area contributed by atoms with Gasteiger partial charge in [-0.1, -0.05) is 41.6 Å². The SMILES string of the molecule is CNC(=O)C(NOC)c1cccc(C)c1CO/N=C(\C)c1ccccc1C#N. The van der Waals surface area contributed by atoms with Crippen LogP contribution in [-0.4, -0.2) is 25.8 Å². The van der Waals surface area contributed by atoms with E-state index in [0.29, 0.717) is 11.3 Å². The van der Waals surface area contributed by atoms with Crippen LogP contribution in [0.5, 0.6) is 0 Å². The maximum Gasteiger partial charge on any atom is 0.243 e. The number of oxime groups is 1. The summed E-state index contributed by atoms with van der Waals surface area (Å²) in [7, 11) is 3.03. The normalized spacial score (nSPS) is 12.2. The topological polar surface area (TPSA) is 95.7 Å². The van der Waals surface area contributed by atoms with Crippen molar-refractivity contribution in [3.8, 4) is 6.07 Å². The summed E-state index contributed by atoms with van der Waals surface area (Å²) in [5, 5.41) is 16.0. The van der Waals surface area contributed by atoms with Crippen molar-refractivity contribution in [1.29, 1.82) is 5.26 Å². The van der Waals surface area contributed by atoms with E-state index in [1.165, 1.54) is 7.11 Å². The predicted octanol–water partition coefficient (Wildman–Crippen LogP) is 2.75. The van der Waals surface area contributed by atoms with Crippen molar-refractivity contribution >= 4 is 11.6 Å². The molecule has 0 heterocycles. The highest BCUT2D eigenvalue weighted by molar-refractivity contribution is 6.00. The third-order valence-corrected chi connectivity index (χ3v) is 4.35. The quantitative estimate of drug-likeness (QED) is 0.542. The molecular formula is C21H24N4O3. The molecule has 0 aliphatic carbocycles. The van der Waals surface area contributed by atoms with E-state index in [2.05, 4.69) is 22.0 Å². The second-order valence-corrected chi connectivity index (χ2v) is 6.12. The molecule has 0 bridgehead atoms. The van der Waals surface area contributed by atoms with Crippen molar-refractivity contribution in [1.82, 2.24) is 10.8 Å². The first-order chi connectivity index (χ1) is 13.5. The Kier molecular flexibility index (Phi) is 7.69. The van der Waals surface area contributed by atoms with Gasteiger partial charge in [0.2, 0.25) is 5.91 Å². The zero-order valence-corrected chi connectivity index (χ0v) is 16.4. The van der Waals surface area contributed by atoms with Gasteiger partial charge >= 0.3 is 0 Å². The van der Waals surface area contributed by atoms with Gasteiger partial charge in [0.1, 0.15) is 12.6 Å². The first kappa shape index (κ1) is 21.1. The Balaban J connectivity index is 2.27. The molecule has 0 aromatic heterocycles. The second kappa shape index (κ2) is 10.2. The Morgan fingerprint density at radius 3 is 2.68 bits per heavy atom. The molecule has 2 aromatic carbocycles. The number of nitriles is 1. The lowest BCUT2D eigenvalue weighted by atomic mass is 9.96. The fraction of sp³-hybridized carbons (Fsp3) is 0.286. The Bertz CT molecular complexity index is 903. The van der Waals surface area contributed by atoms with Crippen molar-refractivity contribution in [2.75, 3.05) is 14.2 Å². The van der Waals surface area contributed by atoms with Crippen LogP contribution in [0.15, 0.2) is 47.6 Å². The molecule has 0 aliphatic rings. The molecule has 7 nitrogen and oxygen atoms in total. The van der Waals surface area contributed by atoms with Gasteiger partial charge in [0.05, 0.1) is 24.5 Å². The van der Waals surface area contributed by atoms with E-state index >= 15 is 0 Å². The zero-order chi connectivity index (χ0) is 20.5.